The van der Waals surface area contributed by atoms with Crippen LogP contribution in [0.25, 0.3) is 0 Å². The first kappa shape index (κ1) is 34.4. The van der Waals surface area contributed by atoms with Gasteiger partial charge in [-0.15, -0.1) is 23.1 Å². The van der Waals surface area contributed by atoms with Gasteiger partial charge in [0.1, 0.15) is 22.8 Å². The lowest BCUT2D eigenvalue weighted by Gasteiger charge is -2.49. The minimum Gasteiger partial charge on any atom is -0.410 e. The number of esters is 2. The number of rotatable bonds is 7. The molecule has 1 aromatic heterocycles. The van der Waals surface area contributed by atoms with Gasteiger partial charge in [-0.05, 0) is 35.8 Å². The van der Waals surface area contributed by atoms with Crippen LogP contribution in [0, 0.1) is 0 Å². The van der Waals surface area contributed by atoms with Crippen molar-refractivity contribution in [2.75, 3.05) is 18.0 Å². The van der Waals surface area contributed by atoms with E-state index in [0.29, 0.717) is 10.5 Å². The quantitative estimate of drug-likeness (QED) is 0.0562. The number of benzene rings is 1. The summed E-state index contributed by atoms with van der Waals surface area (Å²) < 4.78 is 81.5. The molecule has 2 aromatic rings. The maximum Gasteiger partial charge on any atom is 0.491 e. The first-order valence-corrected chi connectivity index (χ1v) is 15.3. The summed E-state index contributed by atoms with van der Waals surface area (Å²) in [6.07, 6.45) is -8.87. The number of likely N-dealkylation sites (tertiary alicyclic amines) is 1. The zero-order valence-electron chi connectivity index (χ0n) is 23.8. The molecule has 0 bridgehead atoms. The predicted molar refractivity (Wildman–Crippen MR) is 154 cm³/mol. The molecule has 5 rings (SSSR count). The molecule has 3 aliphatic rings. The molecule has 21 heteroatoms. The number of aromatic nitrogens is 1. The summed E-state index contributed by atoms with van der Waals surface area (Å²) in [7, 11) is 0. The molecule has 48 heavy (non-hydrogen) atoms. The summed E-state index contributed by atoms with van der Waals surface area (Å²) in [5, 5.41) is 14.8. The number of nitrogens with two attached hydrogens (primary N) is 1. The molecule has 0 aliphatic carbocycles. The van der Waals surface area contributed by atoms with Crippen LogP contribution in [-0.2, 0) is 41.4 Å². The van der Waals surface area contributed by atoms with E-state index in [0.717, 1.165) is 35.2 Å². The Bertz CT molecular complexity index is 1790. The van der Waals surface area contributed by atoms with E-state index in [4.69, 9.17) is 5.73 Å². The minimum atomic E-state index is -5.56. The number of nitrogens with one attached hydrogen (secondary N) is 1. The van der Waals surface area contributed by atoms with Crippen molar-refractivity contribution in [3.8, 4) is 0 Å². The molecule has 3 aliphatic heterocycles. The third-order valence-electron chi connectivity index (χ3n) is 7.19. The second kappa shape index (κ2) is 12.9. The first-order valence-electron chi connectivity index (χ1n) is 13.4. The van der Waals surface area contributed by atoms with Crippen LogP contribution in [0.5, 0.6) is 0 Å². The lowest BCUT2D eigenvalue weighted by atomic mass is 10.0. The third kappa shape index (κ3) is 6.86. The number of anilines is 1. The van der Waals surface area contributed by atoms with Gasteiger partial charge in [0, 0.05) is 29.8 Å². The molecule has 254 valence electrons. The van der Waals surface area contributed by atoms with Gasteiger partial charge in [0.05, 0.1) is 5.56 Å². The van der Waals surface area contributed by atoms with Gasteiger partial charge in [0.25, 0.3) is 11.8 Å². The van der Waals surface area contributed by atoms with Crippen LogP contribution >= 0.6 is 23.1 Å². The molecule has 3 amide bonds. The summed E-state index contributed by atoms with van der Waals surface area (Å²) in [6.45, 7) is 0.0367. The highest BCUT2D eigenvalue weighted by molar-refractivity contribution is 8.00. The van der Waals surface area contributed by atoms with Crippen molar-refractivity contribution in [1.82, 2.24) is 20.1 Å². The minimum absolute atomic E-state index is 0.0412. The van der Waals surface area contributed by atoms with Crippen molar-refractivity contribution in [2.24, 2.45) is 5.16 Å². The summed E-state index contributed by atoms with van der Waals surface area (Å²) >= 11 is 1.88. The molecule has 0 radical (unpaired) electrons. The average Bonchev–Trinajstić information content (AvgIpc) is 3.59. The van der Waals surface area contributed by atoms with E-state index in [1.54, 1.807) is 0 Å². The highest BCUT2D eigenvalue weighted by Gasteiger charge is 2.55. The topological polar surface area (TPSA) is 185 Å². The number of thiazole rings is 1. The number of carbonyl (C=O) groups excluding carboxylic acids is 5. The van der Waals surface area contributed by atoms with Gasteiger partial charge in [-0.3, -0.25) is 19.3 Å². The van der Waals surface area contributed by atoms with Gasteiger partial charge in [-0.1, -0.05) is 17.3 Å². The Labute approximate surface area is 273 Å². The smallest absolute Gasteiger partial charge is 0.410 e. The number of nitrogens with zero attached hydrogens (tertiary/aromatic N) is 4. The molecule has 0 saturated carbocycles. The third-order valence-corrected chi connectivity index (χ3v) is 9.17. The van der Waals surface area contributed by atoms with Crippen LogP contribution in [0.15, 0.2) is 57.7 Å². The van der Waals surface area contributed by atoms with Crippen molar-refractivity contribution >= 4 is 63.6 Å². The fourth-order valence-electron chi connectivity index (χ4n) is 4.93. The van der Waals surface area contributed by atoms with Gasteiger partial charge in [-0.2, -0.15) is 26.3 Å². The number of hydrogen-bond acceptors (Lipinski definition) is 12. The Morgan fingerprint density at radius 2 is 1.83 bits per heavy atom. The van der Waals surface area contributed by atoms with E-state index < -0.39 is 70.4 Å². The van der Waals surface area contributed by atoms with E-state index >= 15 is 0 Å². The van der Waals surface area contributed by atoms with Crippen molar-refractivity contribution in [1.29, 1.82) is 0 Å². The molecule has 4 N–H and O–H groups in total. The predicted octanol–water partition coefficient (Wildman–Crippen LogP) is 2.57. The normalized spacial score (nSPS) is 21.0. The maximum atomic E-state index is 13.2. The van der Waals surface area contributed by atoms with Gasteiger partial charge >= 0.3 is 24.3 Å². The van der Waals surface area contributed by atoms with E-state index in [-0.39, 0.29) is 47.2 Å². The van der Waals surface area contributed by atoms with E-state index in [9.17, 15) is 55.5 Å². The molecule has 2 atom stereocenters. The standard InChI is InChI=1S/C27H20F6N6O7S2/c28-26(29,30)14-3-1-11(2-4-14)8-38-6-5-12(20(38)41)7-13-9-47-22-17(36-19(40)16(37-45)15-10-48-25(34)35-15)21(42)39(22)18(13)23(43)46-24(44)27(31,32)33/h1-4,7,10,17,22,45H,5-6,8-9H2,(H2,34,35)(H,36,40)/b12-7?,37-16-/t17-,22-/m1/s1. The highest BCUT2D eigenvalue weighted by Crippen LogP contribution is 2.42. The van der Waals surface area contributed by atoms with Gasteiger partial charge < -0.3 is 25.9 Å². The Morgan fingerprint density at radius 1 is 1.15 bits per heavy atom. The van der Waals surface area contributed by atoms with Crippen LogP contribution < -0.4 is 11.1 Å². The second-order valence-corrected chi connectivity index (χ2v) is 12.3. The number of halogens is 6. The van der Waals surface area contributed by atoms with Crippen molar-refractivity contribution in [3.05, 3.63) is 69.4 Å². The molecule has 0 unspecified atom stereocenters. The lowest BCUT2D eigenvalue weighted by molar-refractivity contribution is -0.201. The number of carbonyl (C=O) groups is 5. The molecular weight excluding hydrogens is 698 g/mol. The summed E-state index contributed by atoms with van der Waals surface area (Å²) in [4.78, 5) is 69.5. The van der Waals surface area contributed by atoms with Crippen LogP contribution in [0.4, 0.5) is 31.5 Å². The number of fused-ring (bicyclic) bond motifs is 1. The van der Waals surface area contributed by atoms with Crippen LogP contribution in [0.2, 0.25) is 0 Å². The Morgan fingerprint density at radius 3 is 2.42 bits per heavy atom. The summed E-state index contributed by atoms with van der Waals surface area (Å²) in [5.41, 5.74) is 3.48. The van der Waals surface area contributed by atoms with E-state index in [2.05, 4.69) is 20.2 Å². The van der Waals surface area contributed by atoms with Gasteiger partial charge in [0.2, 0.25) is 5.91 Å². The number of amides is 3. The number of thioether (sulfide) groups is 1. The first-order chi connectivity index (χ1) is 22.5. The largest absolute Gasteiger partial charge is 0.491 e. The number of allylic oxidation sites excluding steroid dienone is 1. The van der Waals surface area contributed by atoms with Crippen LogP contribution in [0.3, 0.4) is 0 Å². The number of hydrogen-bond donors (Lipinski definition) is 3. The molecule has 13 nitrogen and oxygen atoms in total. The zero-order valence-corrected chi connectivity index (χ0v) is 25.4. The van der Waals surface area contributed by atoms with E-state index in [1.807, 2.05) is 0 Å². The summed E-state index contributed by atoms with van der Waals surface area (Å²) in [5.74, 6) is -7.56. The number of alkyl halides is 6. The second-order valence-electron chi connectivity index (χ2n) is 10.3. The molecule has 1 aromatic carbocycles. The Balaban J connectivity index is 1.38. The Kier molecular flexibility index (Phi) is 9.28. The SMILES string of the molecule is Nc1nc(/C(=N/O)C(=O)N[C@@H]2C(=O)N3C(C(=O)OC(=O)C(F)(F)F)=C(C=C4CCN(Cc5ccc(C(F)(F)F)cc5)C4=O)CS[C@H]23)cs1. The van der Waals surface area contributed by atoms with Gasteiger partial charge in [-0.25, -0.2) is 14.6 Å². The van der Waals surface area contributed by atoms with Crippen LogP contribution in [0.1, 0.15) is 23.2 Å². The zero-order chi connectivity index (χ0) is 35.1. The molecule has 0 spiro atoms. The summed E-state index contributed by atoms with van der Waals surface area (Å²) in [6, 6.07) is 2.75. The monoisotopic (exact) mass is 718 g/mol. The highest BCUT2D eigenvalue weighted by atomic mass is 32.2. The number of β-lactam (4-membered cyclic amide) rings is 1. The molecule has 2 fully saturated rings. The average molecular weight is 719 g/mol. The fourth-order valence-corrected chi connectivity index (χ4v) is 6.79. The molecular formula is C27H20F6N6O7S2. The molecule has 4 heterocycles. The maximum absolute atomic E-state index is 13.2. The number of ether oxygens (including phenoxy) is 1. The van der Waals surface area contributed by atoms with E-state index in [1.165, 1.54) is 28.5 Å². The van der Waals surface area contributed by atoms with Crippen molar-refractivity contribution < 1.29 is 60.3 Å². The Hall–Kier alpha value is -4.92. The number of oxime groups is 1. The van der Waals surface area contributed by atoms with Crippen molar-refractivity contribution in [3.63, 3.8) is 0 Å². The van der Waals surface area contributed by atoms with Crippen molar-refractivity contribution in [2.45, 2.75) is 36.7 Å². The lowest BCUT2D eigenvalue weighted by Crippen LogP contribution is -2.71. The van der Waals surface area contributed by atoms with Crippen LogP contribution in [-0.4, -0.2) is 85.3 Å². The van der Waals surface area contributed by atoms with Gasteiger partial charge in [0.15, 0.2) is 10.8 Å². The molecule has 2 saturated heterocycles. The fraction of sp³-hybridized carbons (Fsp3) is 0.296. The number of nitrogen functional groups attached to an aromatic ring is 1.